The molecule has 8 nitrogen and oxygen atoms in total. The second kappa shape index (κ2) is 9.51. The van der Waals surface area contributed by atoms with Crippen LogP contribution in [-0.4, -0.2) is 45.2 Å². The van der Waals surface area contributed by atoms with Gasteiger partial charge in [-0.2, -0.15) is 0 Å². The van der Waals surface area contributed by atoms with Crippen LogP contribution in [0.4, 0.5) is 11.4 Å². The minimum atomic E-state index is -0.659. The molecule has 8 heteroatoms. The lowest BCUT2D eigenvalue weighted by atomic mass is 10.1. The van der Waals surface area contributed by atoms with Gasteiger partial charge in [0.25, 0.3) is 5.91 Å². The molecule has 1 aliphatic heterocycles. The number of amides is 2. The summed E-state index contributed by atoms with van der Waals surface area (Å²) in [7, 11) is 3.04. The summed E-state index contributed by atoms with van der Waals surface area (Å²) < 4.78 is 15.7. The number of anilines is 2. The first-order valence-corrected chi connectivity index (χ1v) is 9.88. The normalized spacial score (nSPS) is 15.5. The van der Waals surface area contributed by atoms with Gasteiger partial charge in [0.05, 0.1) is 25.8 Å². The Bertz CT molecular complexity index is 1000. The molecule has 2 amide bonds. The SMILES string of the molecule is COc1ccc(N2C[C@@H](C(=O)OCC(=O)Nc3ccc(C)cc3C)CC2=O)c(OC)c1. The van der Waals surface area contributed by atoms with Crippen molar-refractivity contribution in [1.82, 2.24) is 0 Å². The first kappa shape index (κ1) is 22.1. The zero-order valence-electron chi connectivity index (χ0n) is 18.1. The molecular formula is C23H26N2O6. The number of ether oxygens (including phenoxy) is 3. The third-order valence-corrected chi connectivity index (χ3v) is 5.14. The highest BCUT2D eigenvalue weighted by molar-refractivity contribution is 6.01. The van der Waals surface area contributed by atoms with Crippen molar-refractivity contribution >= 4 is 29.2 Å². The highest BCUT2D eigenvalue weighted by Crippen LogP contribution is 2.36. The maximum atomic E-state index is 12.5. The van der Waals surface area contributed by atoms with E-state index in [0.29, 0.717) is 22.9 Å². The van der Waals surface area contributed by atoms with Gasteiger partial charge in [-0.1, -0.05) is 17.7 Å². The van der Waals surface area contributed by atoms with Gasteiger partial charge in [0.1, 0.15) is 11.5 Å². The number of carbonyl (C=O) groups excluding carboxylic acids is 3. The second-order valence-electron chi connectivity index (χ2n) is 7.42. The molecule has 0 aromatic heterocycles. The lowest BCUT2D eigenvalue weighted by Crippen LogP contribution is -2.28. The standard InChI is InChI=1S/C23H26N2O6/c1-14-5-7-18(15(2)9-14)24-21(26)13-31-23(28)16-10-22(27)25(12-16)19-8-6-17(29-3)11-20(19)30-4/h5-9,11,16H,10,12-13H2,1-4H3,(H,24,26)/t16-/m0/s1. The van der Waals surface area contributed by atoms with Crippen molar-refractivity contribution in [1.29, 1.82) is 0 Å². The summed E-state index contributed by atoms with van der Waals surface area (Å²) in [6.45, 7) is 3.59. The van der Waals surface area contributed by atoms with Gasteiger partial charge in [0.15, 0.2) is 6.61 Å². The van der Waals surface area contributed by atoms with Crippen molar-refractivity contribution in [3.8, 4) is 11.5 Å². The Balaban J connectivity index is 1.58. The van der Waals surface area contributed by atoms with E-state index < -0.39 is 24.4 Å². The lowest BCUT2D eigenvalue weighted by Gasteiger charge is -2.20. The third kappa shape index (κ3) is 5.14. The van der Waals surface area contributed by atoms with Crippen LogP contribution in [0.1, 0.15) is 17.5 Å². The van der Waals surface area contributed by atoms with E-state index in [1.54, 1.807) is 24.3 Å². The Morgan fingerprint density at radius 1 is 1.10 bits per heavy atom. The molecule has 0 spiro atoms. The van der Waals surface area contributed by atoms with Gasteiger partial charge in [-0.25, -0.2) is 0 Å². The van der Waals surface area contributed by atoms with Gasteiger partial charge >= 0.3 is 5.97 Å². The average Bonchev–Trinajstić information content (AvgIpc) is 3.15. The molecule has 1 saturated heterocycles. The van der Waals surface area contributed by atoms with Crippen LogP contribution in [0.5, 0.6) is 11.5 Å². The van der Waals surface area contributed by atoms with Crippen molar-refractivity contribution < 1.29 is 28.6 Å². The number of carbonyl (C=O) groups is 3. The van der Waals surface area contributed by atoms with E-state index in [9.17, 15) is 14.4 Å². The average molecular weight is 426 g/mol. The van der Waals surface area contributed by atoms with E-state index in [1.807, 2.05) is 26.0 Å². The summed E-state index contributed by atoms with van der Waals surface area (Å²) in [5.74, 6) is -0.830. The third-order valence-electron chi connectivity index (χ3n) is 5.14. The van der Waals surface area contributed by atoms with Crippen LogP contribution in [0.2, 0.25) is 0 Å². The molecule has 2 aromatic carbocycles. The van der Waals surface area contributed by atoms with Crippen LogP contribution in [0, 0.1) is 19.8 Å². The van der Waals surface area contributed by atoms with Gasteiger partial charge < -0.3 is 24.4 Å². The fourth-order valence-corrected chi connectivity index (χ4v) is 3.50. The van der Waals surface area contributed by atoms with E-state index >= 15 is 0 Å². The van der Waals surface area contributed by atoms with Crippen LogP contribution in [-0.2, 0) is 19.1 Å². The minimum absolute atomic E-state index is 0.00665. The zero-order chi connectivity index (χ0) is 22.5. The molecule has 0 bridgehead atoms. The first-order valence-electron chi connectivity index (χ1n) is 9.88. The van der Waals surface area contributed by atoms with E-state index in [2.05, 4.69) is 5.32 Å². The van der Waals surface area contributed by atoms with E-state index in [4.69, 9.17) is 14.2 Å². The molecule has 1 atom stereocenters. The summed E-state index contributed by atoms with van der Waals surface area (Å²) in [5, 5.41) is 2.73. The molecule has 31 heavy (non-hydrogen) atoms. The van der Waals surface area contributed by atoms with E-state index in [-0.39, 0.29) is 18.9 Å². The first-order chi connectivity index (χ1) is 14.8. The number of nitrogens with zero attached hydrogens (tertiary/aromatic N) is 1. The van der Waals surface area contributed by atoms with Crippen molar-refractivity contribution in [2.75, 3.05) is 37.6 Å². The van der Waals surface area contributed by atoms with Crippen LogP contribution < -0.4 is 19.7 Å². The Kier molecular flexibility index (Phi) is 6.79. The smallest absolute Gasteiger partial charge is 0.311 e. The van der Waals surface area contributed by atoms with Gasteiger partial charge in [-0.15, -0.1) is 0 Å². The summed E-state index contributed by atoms with van der Waals surface area (Å²) >= 11 is 0. The molecule has 0 unspecified atom stereocenters. The van der Waals surface area contributed by atoms with E-state index in [1.165, 1.54) is 19.1 Å². The summed E-state index contributed by atoms with van der Waals surface area (Å²) in [5.41, 5.74) is 3.23. The topological polar surface area (TPSA) is 94.2 Å². The second-order valence-corrected chi connectivity index (χ2v) is 7.42. The maximum Gasteiger partial charge on any atom is 0.311 e. The molecule has 1 aliphatic rings. The number of aryl methyl sites for hydroxylation is 2. The Morgan fingerprint density at radius 3 is 2.55 bits per heavy atom. The number of hydrogen-bond donors (Lipinski definition) is 1. The van der Waals surface area contributed by atoms with Gasteiger partial charge in [-0.05, 0) is 37.6 Å². The number of benzene rings is 2. The number of rotatable bonds is 7. The fraction of sp³-hybridized carbons (Fsp3) is 0.348. The predicted octanol–water partition coefficient (Wildman–Crippen LogP) is 2.86. The summed E-state index contributed by atoms with van der Waals surface area (Å²) in [6, 6.07) is 10.7. The van der Waals surface area contributed by atoms with Gasteiger partial charge in [0.2, 0.25) is 5.91 Å². The molecule has 0 aliphatic carbocycles. The largest absolute Gasteiger partial charge is 0.497 e. The summed E-state index contributed by atoms with van der Waals surface area (Å²) in [6.07, 6.45) is 0.00665. The predicted molar refractivity (Wildman–Crippen MR) is 116 cm³/mol. The Hall–Kier alpha value is -3.55. The van der Waals surface area contributed by atoms with Crippen LogP contribution in [0.3, 0.4) is 0 Å². The monoisotopic (exact) mass is 426 g/mol. The Morgan fingerprint density at radius 2 is 1.87 bits per heavy atom. The summed E-state index contributed by atoms with van der Waals surface area (Å²) in [4.78, 5) is 38.6. The van der Waals surface area contributed by atoms with Crippen LogP contribution in [0.25, 0.3) is 0 Å². The highest BCUT2D eigenvalue weighted by atomic mass is 16.5. The molecule has 1 heterocycles. The molecule has 0 radical (unpaired) electrons. The molecule has 3 rings (SSSR count). The number of hydrogen-bond acceptors (Lipinski definition) is 6. The molecule has 164 valence electrons. The quantitative estimate of drug-likeness (QED) is 0.685. The molecule has 2 aromatic rings. The van der Waals surface area contributed by atoms with Gasteiger partial charge in [-0.3, -0.25) is 14.4 Å². The lowest BCUT2D eigenvalue weighted by molar-refractivity contribution is -0.151. The molecular weight excluding hydrogens is 400 g/mol. The minimum Gasteiger partial charge on any atom is -0.497 e. The Labute approximate surface area is 181 Å². The molecule has 1 N–H and O–H groups in total. The number of esters is 1. The van der Waals surface area contributed by atoms with Crippen LogP contribution >= 0.6 is 0 Å². The van der Waals surface area contributed by atoms with Gasteiger partial charge in [0, 0.05) is 24.7 Å². The molecule has 1 fully saturated rings. The maximum absolute atomic E-state index is 12.5. The van der Waals surface area contributed by atoms with Crippen LogP contribution in [0.15, 0.2) is 36.4 Å². The highest BCUT2D eigenvalue weighted by Gasteiger charge is 2.37. The number of methoxy groups -OCH3 is 2. The molecule has 0 saturated carbocycles. The van der Waals surface area contributed by atoms with E-state index in [0.717, 1.165) is 11.1 Å². The van der Waals surface area contributed by atoms with Crippen molar-refractivity contribution in [2.45, 2.75) is 20.3 Å². The van der Waals surface area contributed by atoms with Crippen molar-refractivity contribution in [2.24, 2.45) is 5.92 Å². The van der Waals surface area contributed by atoms with Crippen molar-refractivity contribution in [3.63, 3.8) is 0 Å². The number of nitrogens with one attached hydrogen (secondary N) is 1. The zero-order valence-corrected chi connectivity index (χ0v) is 18.1. The van der Waals surface area contributed by atoms with Crippen molar-refractivity contribution in [3.05, 3.63) is 47.5 Å². The fourth-order valence-electron chi connectivity index (χ4n) is 3.50.